The van der Waals surface area contributed by atoms with E-state index in [1.54, 1.807) is 40.7 Å². The lowest BCUT2D eigenvalue weighted by Gasteiger charge is -2.35. The summed E-state index contributed by atoms with van der Waals surface area (Å²) >= 11 is 0. The monoisotopic (exact) mass is 450 g/mol. The Hall–Kier alpha value is -2.46. The van der Waals surface area contributed by atoms with Crippen molar-refractivity contribution >= 4 is 33.4 Å². The summed E-state index contributed by atoms with van der Waals surface area (Å²) in [6.07, 6.45) is 0.130. The van der Waals surface area contributed by atoms with Crippen molar-refractivity contribution in [1.29, 1.82) is 0 Å². The van der Waals surface area contributed by atoms with E-state index in [0.29, 0.717) is 45.0 Å². The van der Waals surface area contributed by atoms with Crippen LogP contribution in [-0.4, -0.2) is 86.1 Å². The van der Waals surface area contributed by atoms with Crippen molar-refractivity contribution in [3.8, 4) is 0 Å². The van der Waals surface area contributed by atoms with Gasteiger partial charge in [0, 0.05) is 64.8 Å². The standard InChI is InChI=1S/C21H30N4O5S/c1-4-24(5-2)31(29,30)19-8-6-18(7-9-19)25-15-17(14-20(25)27)21(28)23-12-10-22(11-13-23)16(3)26/h6-9,17H,4-5,10-15H2,1-3H3/t17-/m0/s1. The minimum Gasteiger partial charge on any atom is -0.339 e. The SMILES string of the molecule is CCN(CC)S(=O)(=O)c1ccc(N2C[C@@H](C(=O)N3CCN(C(C)=O)CC3)CC2=O)cc1. The smallest absolute Gasteiger partial charge is 0.243 e. The molecule has 1 atom stereocenters. The van der Waals surface area contributed by atoms with Crippen LogP contribution in [0.5, 0.6) is 0 Å². The van der Waals surface area contributed by atoms with Gasteiger partial charge in [-0.1, -0.05) is 13.8 Å². The van der Waals surface area contributed by atoms with Crippen LogP contribution < -0.4 is 4.90 Å². The molecule has 170 valence electrons. The first-order chi connectivity index (χ1) is 14.7. The molecule has 0 N–H and O–H groups in total. The van der Waals surface area contributed by atoms with Crippen molar-refractivity contribution in [1.82, 2.24) is 14.1 Å². The Kier molecular flexibility index (Phi) is 7.00. The fourth-order valence-electron chi connectivity index (χ4n) is 4.13. The van der Waals surface area contributed by atoms with Gasteiger partial charge in [-0.2, -0.15) is 4.31 Å². The van der Waals surface area contributed by atoms with Crippen LogP contribution in [0.3, 0.4) is 0 Å². The zero-order valence-corrected chi connectivity index (χ0v) is 19.1. The number of anilines is 1. The fourth-order valence-corrected chi connectivity index (χ4v) is 5.59. The number of hydrogen-bond acceptors (Lipinski definition) is 5. The minimum absolute atomic E-state index is 0.000716. The Labute approximate surface area is 183 Å². The molecule has 2 heterocycles. The van der Waals surface area contributed by atoms with Crippen molar-refractivity contribution in [2.45, 2.75) is 32.1 Å². The molecule has 3 rings (SSSR count). The number of sulfonamides is 1. The lowest BCUT2D eigenvalue weighted by molar-refractivity contribution is -0.141. The topological polar surface area (TPSA) is 98.3 Å². The van der Waals surface area contributed by atoms with Crippen LogP contribution in [0.1, 0.15) is 27.2 Å². The largest absolute Gasteiger partial charge is 0.339 e. The number of amides is 3. The average molecular weight is 451 g/mol. The first-order valence-corrected chi connectivity index (χ1v) is 12.1. The number of carbonyl (C=O) groups is 3. The van der Waals surface area contributed by atoms with Crippen molar-refractivity contribution < 1.29 is 22.8 Å². The molecule has 1 aromatic rings. The molecule has 9 nitrogen and oxygen atoms in total. The van der Waals surface area contributed by atoms with E-state index in [1.807, 2.05) is 0 Å². The second-order valence-corrected chi connectivity index (χ2v) is 9.76. The molecule has 0 aliphatic carbocycles. The number of benzene rings is 1. The van der Waals surface area contributed by atoms with E-state index in [9.17, 15) is 22.8 Å². The lowest BCUT2D eigenvalue weighted by atomic mass is 10.1. The van der Waals surface area contributed by atoms with Crippen LogP contribution in [0.15, 0.2) is 29.2 Å². The van der Waals surface area contributed by atoms with E-state index in [0.717, 1.165) is 0 Å². The molecule has 2 aliphatic heterocycles. The zero-order chi connectivity index (χ0) is 22.8. The van der Waals surface area contributed by atoms with E-state index in [-0.39, 0.29) is 35.6 Å². The summed E-state index contributed by atoms with van der Waals surface area (Å²) < 4.78 is 26.7. The highest BCUT2D eigenvalue weighted by atomic mass is 32.2. The van der Waals surface area contributed by atoms with Crippen LogP contribution >= 0.6 is 0 Å². The van der Waals surface area contributed by atoms with Crippen LogP contribution in [-0.2, 0) is 24.4 Å². The molecule has 3 amide bonds. The van der Waals surface area contributed by atoms with Gasteiger partial charge < -0.3 is 14.7 Å². The Morgan fingerprint density at radius 3 is 2.06 bits per heavy atom. The predicted molar refractivity (Wildman–Crippen MR) is 116 cm³/mol. The van der Waals surface area contributed by atoms with E-state index < -0.39 is 15.9 Å². The number of carbonyl (C=O) groups excluding carboxylic acids is 3. The minimum atomic E-state index is -3.56. The fraction of sp³-hybridized carbons (Fsp3) is 0.571. The van der Waals surface area contributed by atoms with Gasteiger partial charge in [0.15, 0.2) is 0 Å². The van der Waals surface area contributed by atoms with Gasteiger partial charge in [-0.05, 0) is 24.3 Å². The molecule has 0 spiro atoms. The van der Waals surface area contributed by atoms with Gasteiger partial charge in [-0.15, -0.1) is 0 Å². The van der Waals surface area contributed by atoms with Crippen LogP contribution in [0.25, 0.3) is 0 Å². The molecule has 0 bridgehead atoms. The van der Waals surface area contributed by atoms with Crippen molar-refractivity contribution in [3.05, 3.63) is 24.3 Å². The third kappa shape index (κ3) is 4.74. The number of hydrogen-bond donors (Lipinski definition) is 0. The maximum absolute atomic E-state index is 12.9. The molecular weight excluding hydrogens is 420 g/mol. The normalized spacial score (nSPS) is 19.9. The molecule has 0 saturated carbocycles. The average Bonchev–Trinajstić information content (AvgIpc) is 3.15. The predicted octanol–water partition coefficient (Wildman–Crippen LogP) is 0.761. The molecule has 10 heteroatoms. The van der Waals surface area contributed by atoms with Gasteiger partial charge in [0.2, 0.25) is 27.7 Å². The second-order valence-electron chi connectivity index (χ2n) is 7.82. The van der Waals surface area contributed by atoms with Gasteiger partial charge in [0.05, 0.1) is 10.8 Å². The van der Waals surface area contributed by atoms with Crippen LogP contribution in [0, 0.1) is 5.92 Å². The molecule has 0 unspecified atom stereocenters. The molecule has 0 aromatic heterocycles. The Balaban J connectivity index is 1.66. The Morgan fingerprint density at radius 1 is 1.00 bits per heavy atom. The zero-order valence-electron chi connectivity index (χ0n) is 18.3. The lowest BCUT2D eigenvalue weighted by Crippen LogP contribution is -2.51. The Morgan fingerprint density at radius 2 is 1.55 bits per heavy atom. The molecule has 2 saturated heterocycles. The van der Waals surface area contributed by atoms with Gasteiger partial charge >= 0.3 is 0 Å². The van der Waals surface area contributed by atoms with Gasteiger partial charge in [-0.3, -0.25) is 14.4 Å². The Bertz CT molecular complexity index is 935. The summed E-state index contributed by atoms with van der Waals surface area (Å²) in [6.45, 7) is 8.09. The summed E-state index contributed by atoms with van der Waals surface area (Å²) in [5.41, 5.74) is 0.584. The third-order valence-corrected chi connectivity index (χ3v) is 8.07. The molecule has 2 fully saturated rings. The van der Waals surface area contributed by atoms with E-state index in [2.05, 4.69) is 0 Å². The quantitative estimate of drug-likeness (QED) is 0.637. The summed E-state index contributed by atoms with van der Waals surface area (Å²) in [5, 5.41) is 0. The second kappa shape index (κ2) is 9.35. The summed E-state index contributed by atoms with van der Waals surface area (Å²) in [5.74, 6) is -0.656. The van der Waals surface area contributed by atoms with Gasteiger partial charge in [0.25, 0.3) is 0 Å². The highest BCUT2D eigenvalue weighted by molar-refractivity contribution is 7.89. The number of piperazine rings is 1. The highest BCUT2D eigenvalue weighted by Gasteiger charge is 2.38. The van der Waals surface area contributed by atoms with E-state index in [1.165, 1.54) is 23.4 Å². The molecule has 31 heavy (non-hydrogen) atoms. The third-order valence-electron chi connectivity index (χ3n) is 6.00. The summed E-state index contributed by atoms with van der Waals surface area (Å²) in [7, 11) is -3.56. The summed E-state index contributed by atoms with van der Waals surface area (Å²) in [4.78, 5) is 42.1. The van der Waals surface area contributed by atoms with Crippen molar-refractivity contribution in [2.24, 2.45) is 5.92 Å². The van der Waals surface area contributed by atoms with E-state index in [4.69, 9.17) is 0 Å². The molecule has 0 radical (unpaired) electrons. The number of rotatable bonds is 6. The van der Waals surface area contributed by atoms with Crippen molar-refractivity contribution in [2.75, 3.05) is 50.7 Å². The van der Waals surface area contributed by atoms with Gasteiger partial charge in [-0.25, -0.2) is 8.42 Å². The molecule has 1 aromatic carbocycles. The highest BCUT2D eigenvalue weighted by Crippen LogP contribution is 2.28. The maximum Gasteiger partial charge on any atom is 0.243 e. The summed E-state index contributed by atoms with van der Waals surface area (Å²) in [6, 6.07) is 6.25. The first kappa shape index (κ1) is 23.2. The van der Waals surface area contributed by atoms with E-state index >= 15 is 0 Å². The van der Waals surface area contributed by atoms with Crippen LogP contribution in [0.4, 0.5) is 5.69 Å². The molecular formula is C21H30N4O5S. The first-order valence-electron chi connectivity index (χ1n) is 10.6. The van der Waals surface area contributed by atoms with Crippen molar-refractivity contribution in [3.63, 3.8) is 0 Å². The maximum atomic E-state index is 12.9. The number of nitrogens with zero attached hydrogens (tertiary/aromatic N) is 4. The van der Waals surface area contributed by atoms with Crippen LogP contribution in [0.2, 0.25) is 0 Å². The van der Waals surface area contributed by atoms with Gasteiger partial charge in [0.1, 0.15) is 0 Å². The molecule has 2 aliphatic rings.